The van der Waals surface area contributed by atoms with E-state index in [0.29, 0.717) is 22.4 Å². The SMILES string of the molecule is C#Cc1ccc(/C=C/c2nc3ccccc3c(=O)n2-c2cccc(O)c2)cc1. The molecule has 4 heteroatoms. The maximum absolute atomic E-state index is 13.1. The maximum Gasteiger partial charge on any atom is 0.266 e. The lowest BCUT2D eigenvalue weighted by Crippen LogP contribution is -2.22. The van der Waals surface area contributed by atoms with Gasteiger partial charge in [0.15, 0.2) is 0 Å². The Kier molecular flexibility index (Phi) is 4.49. The molecule has 4 rings (SSSR count). The van der Waals surface area contributed by atoms with Crippen molar-refractivity contribution in [3.63, 3.8) is 0 Å². The Morgan fingerprint density at radius 1 is 0.964 bits per heavy atom. The Bertz CT molecular complexity index is 1290. The van der Waals surface area contributed by atoms with Crippen LogP contribution in [0.3, 0.4) is 0 Å². The highest BCUT2D eigenvalue weighted by molar-refractivity contribution is 5.80. The van der Waals surface area contributed by atoms with Crippen LogP contribution in [0.15, 0.2) is 77.6 Å². The van der Waals surface area contributed by atoms with Crippen molar-refractivity contribution in [2.75, 3.05) is 0 Å². The Morgan fingerprint density at radius 3 is 2.50 bits per heavy atom. The molecule has 0 aliphatic heterocycles. The van der Waals surface area contributed by atoms with Crippen molar-refractivity contribution >= 4 is 23.1 Å². The van der Waals surface area contributed by atoms with Gasteiger partial charge in [-0.05, 0) is 48.0 Å². The van der Waals surface area contributed by atoms with Crippen LogP contribution in [-0.4, -0.2) is 14.7 Å². The first kappa shape index (κ1) is 17.3. The van der Waals surface area contributed by atoms with Crippen molar-refractivity contribution in [1.29, 1.82) is 0 Å². The number of hydrogen-bond acceptors (Lipinski definition) is 3. The maximum atomic E-state index is 13.1. The van der Waals surface area contributed by atoms with E-state index < -0.39 is 0 Å². The Hall–Kier alpha value is -4.10. The second-order valence-electron chi connectivity index (χ2n) is 6.25. The van der Waals surface area contributed by atoms with Crippen molar-refractivity contribution in [1.82, 2.24) is 9.55 Å². The Labute approximate surface area is 162 Å². The number of aromatic hydroxyl groups is 1. The highest BCUT2D eigenvalue weighted by Gasteiger charge is 2.11. The van der Waals surface area contributed by atoms with Gasteiger partial charge in [0.05, 0.1) is 16.6 Å². The molecule has 0 radical (unpaired) electrons. The molecule has 1 N–H and O–H groups in total. The van der Waals surface area contributed by atoms with Gasteiger partial charge in [0.25, 0.3) is 5.56 Å². The number of aromatic nitrogens is 2. The summed E-state index contributed by atoms with van der Waals surface area (Å²) in [4.78, 5) is 17.8. The lowest BCUT2D eigenvalue weighted by molar-refractivity contribution is 0.475. The molecule has 0 amide bonds. The summed E-state index contributed by atoms with van der Waals surface area (Å²) in [5, 5.41) is 10.4. The first-order chi connectivity index (χ1) is 13.7. The predicted molar refractivity (Wildman–Crippen MR) is 112 cm³/mol. The van der Waals surface area contributed by atoms with Gasteiger partial charge in [-0.25, -0.2) is 4.98 Å². The summed E-state index contributed by atoms with van der Waals surface area (Å²) in [6.45, 7) is 0. The molecule has 134 valence electrons. The van der Waals surface area contributed by atoms with E-state index in [4.69, 9.17) is 6.42 Å². The molecule has 0 saturated carbocycles. The Morgan fingerprint density at radius 2 is 1.75 bits per heavy atom. The number of rotatable bonds is 3. The quantitative estimate of drug-likeness (QED) is 0.553. The van der Waals surface area contributed by atoms with Crippen LogP contribution in [-0.2, 0) is 0 Å². The molecule has 0 fully saturated rings. The van der Waals surface area contributed by atoms with Crippen LogP contribution in [0.4, 0.5) is 0 Å². The third kappa shape index (κ3) is 3.29. The van der Waals surface area contributed by atoms with Crippen molar-refractivity contribution < 1.29 is 5.11 Å². The number of fused-ring (bicyclic) bond motifs is 1. The minimum atomic E-state index is -0.196. The fourth-order valence-corrected chi connectivity index (χ4v) is 3.00. The molecule has 4 nitrogen and oxygen atoms in total. The van der Waals surface area contributed by atoms with Crippen LogP contribution >= 0.6 is 0 Å². The van der Waals surface area contributed by atoms with E-state index in [1.54, 1.807) is 36.4 Å². The summed E-state index contributed by atoms with van der Waals surface area (Å²) in [5.74, 6) is 3.13. The molecule has 0 saturated heterocycles. The number of para-hydroxylation sites is 1. The van der Waals surface area contributed by atoms with E-state index in [1.807, 2.05) is 42.5 Å². The van der Waals surface area contributed by atoms with E-state index in [2.05, 4.69) is 10.9 Å². The zero-order chi connectivity index (χ0) is 19.5. The van der Waals surface area contributed by atoms with Gasteiger partial charge in [0.2, 0.25) is 0 Å². The number of terminal acetylenes is 1. The zero-order valence-corrected chi connectivity index (χ0v) is 14.9. The van der Waals surface area contributed by atoms with Gasteiger partial charge in [0, 0.05) is 11.6 Å². The monoisotopic (exact) mass is 364 g/mol. The number of benzene rings is 3. The van der Waals surface area contributed by atoms with Gasteiger partial charge in [-0.3, -0.25) is 9.36 Å². The molecule has 28 heavy (non-hydrogen) atoms. The van der Waals surface area contributed by atoms with Crippen LogP contribution in [0, 0.1) is 12.3 Å². The molecule has 0 aliphatic rings. The zero-order valence-electron chi connectivity index (χ0n) is 14.9. The normalized spacial score (nSPS) is 11.0. The molecule has 3 aromatic carbocycles. The third-order valence-electron chi connectivity index (χ3n) is 4.39. The standard InChI is InChI=1S/C24H16N2O2/c1-2-17-10-12-18(13-11-17)14-15-23-25-22-9-4-3-8-21(22)24(28)26(23)19-6-5-7-20(27)16-19/h1,3-16,27H/b15-14+. The van der Waals surface area contributed by atoms with E-state index >= 15 is 0 Å². The number of nitrogens with zero attached hydrogens (tertiary/aromatic N) is 2. The van der Waals surface area contributed by atoms with Gasteiger partial charge < -0.3 is 5.11 Å². The second-order valence-corrected chi connectivity index (χ2v) is 6.25. The smallest absolute Gasteiger partial charge is 0.266 e. The van der Waals surface area contributed by atoms with E-state index in [0.717, 1.165) is 11.1 Å². The molecule has 1 heterocycles. The fourth-order valence-electron chi connectivity index (χ4n) is 3.00. The fraction of sp³-hybridized carbons (Fsp3) is 0. The van der Waals surface area contributed by atoms with Crippen molar-refractivity contribution in [3.05, 3.63) is 100 Å². The topological polar surface area (TPSA) is 55.1 Å². The summed E-state index contributed by atoms with van der Waals surface area (Å²) >= 11 is 0. The minimum absolute atomic E-state index is 0.0809. The average molecular weight is 364 g/mol. The van der Waals surface area contributed by atoms with E-state index in [-0.39, 0.29) is 11.3 Å². The highest BCUT2D eigenvalue weighted by Crippen LogP contribution is 2.18. The molecule has 0 unspecified atom stereocenters. The molecule has 4 aromatic rings. The van der Waals surface area contributed by atoms with Crippen molar-refractivity contribution in [3.8, 4) is 23.8 Å². The molecule has 0 spiro atoms. The van der Waals surface area contributed by atoms with Gasteiger partial charge >= 0.3 is 0 Å². The summed E-state index contributed by atoms with van der Waals surface area (Å²) < 4.78 is 1.49. The van der Waals surface area contributed by atoms with Crippen LogP contribution in [0.5, 0.6) is 5.75 Å². The first-order valence-corrected chi connectivity index (χ1v) is 8.72. The van der Waals surface area contributed by atoms with Crippen LogP contribution in [0.1, 0.15) is 17.0 Å². The number of hydrogen-bond donors (Lipinski definition) is 1. The highest BCUT2D eigenvalue weighted by atomic mass is 16.3. The van der Waals surface area contributed by atoms with Gasteiger partial charge in [-0.15, -0.1) is 6.42 Å². The third-order valence-corrected chi connectivity index (χ3v) is 4.39. The van der Waals surface area contributed by atoms with Crippen LogP contribution in [0.25, 0.3) is 28.7 Å². The van der Waals surface area contributed by atoms with Crippen LogP contribution < -0.4 is 5.56 Å². The minimum Gasteiger partial charge on any atom is -0.508 e. The van der Waals surface area contributed by atoms with Gasteiger partial charge in [-0.2, -0.15) is 0 Å². The predicted octanol–water partition coefficient (Wildman–Crippen LogP) is 4.24. The second kappa shape index (κ2) is 7.26. The van der Waals surface area contributed by atoms with E-state index in [9.17, 15) is 9.90 Å². The molecule has 0 atom stereocenters. The lowest BCUT2D eigenvalue weighted by atomic mass is 10.1. The molecule has 0 bridgehead atoms. The largest absolute Gasteiger partial charge is 0.508 e. The van der Waals surface area contributed by atoms with Crippen LogP contribution in [0.2, 0.25) is 0 Å². The van der Waals surface area contributed by atoms with E-state index in [1.165, 1.54) is 10.6 Å². The summed E-state index contributed by atoms with van der Waals surface area (Å²) in [7, 11) is 0. The van der Waals surface area contributed by atoms with Crippen molar-refractivity contribution in [2.45, 2.75) is 0 Å². The average Bonchev–Trinajstić information content (AvgIpc) is 2.73. The molecule has 1 aromatic heterocycles. The number of phenols is 1. The summed E-state index contributed by atoms with van der Waals surface area (Å²) in [6.07, 6.45) is 9.05. The molecule has 0 aliphatic carbocycles. The van der Waals surface area contributed by atoms with Gasteiger partial charge in [-0.1, -0.05) is 42.3 Å². The molecular formula is C24H16N2O2. The van der Waals surface area contributed by atoms with Crippen molar-refractivity contribution in [2.24, 2.45) is 0 Å². The number of phenolic OH excluding ortho intramolecular Hbond substituents is 1. The molecular weight excluding hydrogens is 348 g/mol. The lowest BCUT2D eigenvalue weighted by Gasteiger charge is -2.11. The first-order valence-electron chi connectivity index (χ1n) is 8.72. The summed E-state index contributed by atoms with van der Waals surface area (Å²) in [5.41, 5.74) is 2.71. The summed E-state index contributed by atoms with van der Waals surface area (Å²) in [6, 6.07) is 21.3. The van der Waals surface area contributed by atoms with Gasteiger partial charge in [0.1, 0.15) is 11.6 Å². The Balaban J connectivity index is 1.90.